The first kappa shape index (κ1) is 19.3. The standard InChI is InChI=1S/C19H15FN2O5S/c20-18-5-4-16(11-17(18)19(23)24)28(25,26)22-14-2-1-3-15(10-14)27-12-13-6-8-21-9-7-13/h1-11,22H,12H2,(H,23,24). The fourth-order valence-corrected chi connectivity index (χ4v) is 3.42. The van der Waals surface area contributed by atoms with Crippen molar-refractivity contribution in [2.24, 2.45) is 0 Å². The van der Waals surface area contributed by atoms with E-state index in [1.807, 2.05) is 0 Å². The number of rotatable bonds is 7. The summed E-state index contributed by atoms with van der Waals surface area (Å²) in [5, 5.41) is 8.96. The van der Waals surface area contributed by atoms with Crippen LogP contribution in [-0.4, -0.2) is 24.5 Å². The van der Waals surface area contributed by atoms with Crippen molar-refractivity contribution in [3.63, 3.8) is 0 Å². The monoisotopic (exact) mass is 402 g/mol. The van der Waals surface area contributed by atoms with Crippen LogP contribution in [0.15, 0.2) is 71.9 Å². The first-order valence-corrected chi connectivity index (χ1v) is 9.51. The fourth-order valence-electron chi connectivity index (χ4n) is 2.34. The minimum Gasteiger partial charge on any atom is -0.489 e. The lowest BCUT2D eigenvalue weighted by atomic mass is 10.2. The number of halogens is 1. The number of aromatic carboxylic acids is 1. The predicted molar refractivity (Wildman–Crippen MR) is 99.2 cm³/mol. The topological polar surface area (TPSA) is 106 Å². The van der Waals surface area contributed by atoms with Gasteiger partial charge in [0.1, 0.15) is 18.2 Å². The van der Waals surface area contributed by atoms with Crippen LogP contribution in [-0.2, 0) is 16.6 Å². The number of carbonyl (C=O) groups is 1. The molecule has 0 radical (unpaired) electrons. The Bertz CT molecular complexity index is 1100. The highest BCUT2D eigenvalue weighted by Crippen LogP contribution is 2.23. The van der Waals surface area contributed by atoms with Crippen LogP contribution in [0.1, 0.15) is 15.9 Å². The third kappa shape index (κ3) is 4.63. The Morgan fingerprint density at radius 1 is 1.11 bits per heavy atom. The highest BCUT2D eigenvalue weighted by atomic mass is 32.2. The van der Waals surface area contributed by atoms with Crippen molar-refractivity contribution in [3.8, 4) is 5.75 Å². The van der Waals surface area contributed by atoms with E-state index in [1.165, 1.54) is 12.1 Å². The molecule has 2 N–H and O–H groups in total. The maximum atomic E-state index is 13.5. The van der Waals surface area contributed by atoms with E-state index < -0.39 is 27.4 Å². The Hall–Kier alpha value is -3.46. The van der Waals surface area contributed by atoms with Gasteiger partial charge in [0.05, 0.1) is 16.1 Å². The number of sulfonamides is 1. The summed E-state index contributed by atoms with van der Waals surface area (Å²) in [4.78, 5) is 14.6. The molecule has 0 fully saturated rings. The third-order valence-electron chi connectivity index (χ3n) is 3.72. The maximum absolute atomic E-state index is 13.5. The van der Waals surface area contributed by atoms with Crippen LogP contribution in [0.3, 0.4) is 0 Å². The lowest BCUT2D eigenvalue weighted by Crippen LogP contribution is -2.14. The average molecular weight is 402 g/mol. The van der Waals surface area contributed by atoms with E-state index in [-0.39, 0.29) is 17.2 Å². The Morgan fingerprint density at radius 2 is 1.86 bits per heavy atom. The molecule has 3 aromatic rings. The Balaban J connectivity index is 1.77. The number of carboxylic acid groups (broad SMARTS) is 1. The van der Waals surface area contributed by atoms with Gasteiger partial charge in [-0.1, -0.05) is 6.07 Å². The van der Waals surface area contributed by atoms with Gasteiger partial charge in [-0.05, 0) is 48.0 Å². The summed E-state index contributed by atoms with van der Waals surface area (Å²) in [5.74, 6) is -2.14. The summed E-state index contributed by atoms with van der Waals surface area (Å²) >= 11 is 0. The van der Waals surface area contributed by atoms with E-state index in [9.17, 15) is 17.6 Å². The summed E-state index contributed by atoms with van der Waals surface area (Å²) in [6.45, 7) is 0.276. The minimum atomic E-state index is -4.11. The molecule has 0 aliphatic carbocycles. The smallest absolute Gasteiger partial charge is 0.338 e. The van der Waals surface area contributed by atoms with E-state index in [2.05, 4.69) is 9.71 Å². The van der Waals surface area contributed by atoms with E-state index in [4.69, 9.17) is 9.84 Å². The highest BCUT2D eigenvalue weighted by Gasteiger charge is 2.19. The molecule has 3 rings (SSSR count). The second-order valence-corrected chi connectivity index (χ2v) is 7.41. The number of hydrogen-bond donors (Lipinski definition) is 2. The molecule has 9 heteroatoms. The van der Waals surface area contributed by atoms with E-state index in [0.717, 1.165) is 23.8 Å². The molecule has 0 saturated heterocycles. The van der Waals surface area contributed by atoms with Crippen LogP contribution >= 0.6 is 0 Å². The Labute approximate surface area is 160 Å². The van der Waals surface area contributed by atoms with Gasteiger partial charge in [0.2, 0.25) is 0 Å². The zero-order chi connectivity index (χ0) is 20.1. The van der Waals surface area contributed by atoms with Gasteiger partial charge >= 0.3 is 5.97 Å². The predicted octanol–water partition coefficient (Wildman–Crippen LogP) is 3.30. The normalized spacial score (nSPS) is 11.0. The number of hydrogen-bond acceptors (Lipinski definition) is 5. The fraction of sp³-hybridized carbons (Fsp3) is 0.0526. The highest BCUT2D eigenvalue weighted by molar-refractivity contribution is 7.92. The second-order valence-electron chi connectivity index (χ2n) is 5.72. The van der Waals surface area contributed by atoms with Gasteiger partial charge in [0.15, 0.2) is 0 Å². The summed E-state index contributed by atoms with van der Waals surface area (Å²) in [7, 11) is -4.11. The molecule has 1 aromatic heterocycles. The molecule has 0 amide bonds. The van der Waals surface area contributed by atoms with Crippen LogP contribution in [0.5, 0.6) is 5.75 Å². The quantitative estimate of drug-likeness (QED) is 0.628. The zero-order valence-corrected chi connectivity index (χ0v) is 15.2. The number of anilines is 1. The molecular formula is C19H15FN2O5S. The molecule has 2 aromatic carbocycles. The molecule has 0 bridgehead atoms. The Kier molecular flexibility index (Phi) is 5.55. The van der Waals surface area contributed by atoms with Crippen LogP contribution < -0.4 is 9.46 Å². The van der Waals surface area contributed by atoms with Crippen LogP contribution in [0.4, 0.5) is 10.1 Å². The van der Waals surface area contributed by atoms with Crippen molar-refractivity contribution in [2.75, 3.05) is 4.72 Å². The van der Waals surface area contributed by atoms with Crippen molar-refractivity contribution in [3.05, 3.63) is 83.9 Å². The largest absolute Gasteiger partial charge is 0.489 e. The van der Waals surface area contributed by atoms with Crippen molar-refractivity contribution < 1.29 is 27.4 Å². The number of carboxylic acids is 1. The van der Waals surface area contributed by atoms with Crippen molar-refractivity contribution in [2.45, 2.75) is 11.5 Å². The summed E-state index contributed by atoms with van der Waals surface area (Å²) < 4.78 is 46.5. The van der Waals surface area contributed by atoms with Crippen LogP contribution in [0, 0.1) is 5.82 Å². The first-order valence-electron chi connectivity index (χ1n) is 8.02. The third-order valence-corrected chi connectivity index (χ3v) is 5.10. The van der Waals surface area contributed by atoms with Gasteiger partial charge in [0, 0.05) is 18.5 Å². The van der Waals surface area contributed by atoms with Gasteiger partial charge in [-0.25, -0.2) is 17.6 Å². The van der Waals surface area contributed by atoms with Crippen molar-refractivity contribution in [1.29, 1.82) is 0 Å². The van der Waals surface area contributed by atoms with Crippen molar-refractivity contribution >= 4 is 21.7 Å². The molecule has 144 valence electrons. The molecule has 0 saturated carbocycles. The van der Waals surface area contributed by atoms with Gasteiger partial charge < -0.3 is 9.84 Å². The van der Waals surface area contributed by atoms with Crippen molar-refractivity contribution in [1.82, 2.24) is 4.98 Å². The molecule has 7 nitrogen and oxygen atoms in total. The molecule has 0 aliphatic heterocycles. The average Bonchev–Trinajstić information content (AvgIpc) is 2.67. The lowest BCUT2D eigenvalue weighted by molar-refractivity contribution is 0.0691. The molecule has 0 unspecified atom stereocenters. The maximum Gasteiger partial charge on any atom is 0.338 e. The lowest BCUT2D eigenvalue weighted by Gasteiger charge is -2.11. The van der Waals surface area contributed by atoms with E-state index >= 15 is 0 Å². The number of ether oxygens (including phenoxy) is 1. The number of benzene rings is 2. The first-order chi connectivity index (χ1) is 13.3. The van der Waals surface area contributed by atoms with Gasteiger partial charge in [-0.3, -0.25) is 9.71 Å². The zero-order valence-electron chi connectivity index (χ0n) is 14.4. The second kappa shape index (κ2) is 8.05. The molecule has 0 aliphatic rings. The van der Waals surface area contributed by atoms with Crippen LogP contribution in [0.2, 0.25) is 0 Å². The van der Waals surface area contributed by atoms with E-state index in [0.29, 0.717) is 5.75 Å². The summed E-state index contributed by atoms with van der Waals surface area (Å²) in [6, 6.07) is 12.4. The summed E-state index contributed by atoms with van der Waals surface area (Å²) in [5.41, 5.74) is 0.388. The minimum absolute atomic E-state index is 0.216. The molecule has 1 heterocycles. The number of nitrogens with one attached hydrogen (secondary N) is 1. The van der Waals surface area contributed by atoms with Crippen LogP contribution in [0.25, 0.3) is 0 Å². The number of nitrogens with zero attached hydrogens (tertiary/aromatic N) is 1. The number of pyridine rings is 1. The summed E-state index contributed by atoms with van der Waals surface area (Å²) in [6.07, 6.45) is 3.27. The molecular weight excluding hydrogens is 387 g/mol. The molecule has 28 heavy (non-hydrogen) atoms. The number of aromatic nitrogens is 1. The van der Waals surface area contributed by atoms with Gasteiger partial charge in [-0.15, -0.1) is 0 Å². The van der Waals surface area contributed by atoms with Gasteiger partial charge in [0.25, 0.3) is 10.0 Å². The SMILES string of the molecule is O=C(O)c1cc(S(=O)(=O)Nc2cccc(OCc3ccncc3)c2)ccc1F. The van der Waals surface area contributed by atoms with E-state index in [1.54, 1.807) is 36.7 Å². The Morgan fingerprint density at radius 3 is 2.57 bits per heavy atom. The molecule has 0 atom stereocenters. The molecule has 0 spiro atoms. The van der Waals surface area contributed by atoms with Gasteiger partial charge in [-0.2, -0.15) is 0 Å².